The van der Waals surface area contributed by atoms with E-state index in [9.17, 15) is 4.79 Å². The number of H-pyrrole nitrogens is 1. The Kier molecular flexibility index (Phi) is 4.79. The average molecular weight is 336 g/mol. The third kappa shape index (κ3) is 4.23. The van der Waals surface area contributed by atoms with Crippen LogP contribution in [0.3, 0.4) is 0 Å². The molecule has 128 valence electrons. The summed E-state index contributed by atoms with van der Waals surface area (Å²) in [5.41, 5.74) is 3.14. The number of benzene rings is 2. The van der Waals surface area contributed by atoms with E-state index < -0.39 is 6.10 Å². The van der Waals surface area contributed by atoms with Gasteiger partial charge in [0.1, 0.15) is 5.75 Å². The van der Waals surface area contributed by atoms with Crippen molar-refractivity contribution in [1.29, 1.82) is 0 Å². The quantitative estimate of drug-likeness (QED) is 0.747. The van der Waals surface area contributed by atoms with E-state index >= 15 is 0 Å². The normalized spacial score (nSPS) is 11.8. The van der Waals surface area contributed by atoms with Crippen molar-refractivity contribution in [2.24, 2.45) is 0 Å². The van der Waals surface area contributed by atoms with Crippen molar-refractivity contribution >= 4 is 11.9 Å². The number of hydrogen-bond acceptors (Lipinski definition) is 4. The summed E-state index contributed by atoms with van der Waals surface area (Å²) in [5, 5.41) is 9.52. The Hall–Kier alpha value is -3.15. The number of carbonyl (C=O) groups is 1. The lowest BCUT2D eigenvalue weighted by atomic mass is 10.1. The summed E-state index contributed by atoms with van der Waals surface area (Å²) in [7, 11) is 0. The van der Waals surface area contributed by atoms with Gasteiger partial charge in [-0.05, 0) is 38.5 Å². The first kappa shape index (κ1) is 16.7. The predicted octanol–water partition coefficient (Wildman–Crippen LogP) is 3.49. The molecule has 1 atom stereocenters. The number of nitrogens with one attached hydrogen (secondary N) is 2. The van der Waals surface area contributed by atoms with Crippen LogP contribution in [-0.2, 0) is 4.79 Å². The van der Waals surface area contributed by atoms with Gasteiger partial charge in [0.15, 0.2) is 11.9 Å². The molecule has 0 spiro atoms. The van der Waals surface area contributed by atoms with E-state index in [0.717, 1.165) is 11.1 Å². The fourth-order valence-corrected chi connectivity index (χ4v) is 2.32. The molecular formula is C19H20N4O2. The Bertz CT molecular complexity index is 871. The number of anilines is 1. The minimum atomic E-state index is -0.664. The summed E-state index contributed by atoms with van der Waals surface area (Å²) < 4.78 is 5.66. The van der Waals surface area contributed by atoms with E-state index in [-0.39, 0.29) is 11.9 Å². The molecule has 0 bridgehead atoms. The molecule has 0 unspecified atom stereocenters. The zero-order valence-electron chi connectivity index (χ0n) is 14.4. The van der Waals surface area contributed by atoms with E-state index in [4.69, 9.17) is 4.74 Å². The lowest BCUT2D eigenvalue weighted by molar-refractivity contribution is -0.122. The average Bonchev–Trinajstić information content (AvgIpc) is 3.04. The molecule has 6 nitrogen and oxygen atoms in total. The first-order valence-electron chi connectivity index (χ1n) is 8.05. The van der Waals surface area contributed by atoms with Crippen LogP contribution in [0, 0.1) is 13.8 Å². The molecule has 1 heterocycles. The van der Waals surface area contributed by atoms with Crippen molar-refractivity contribution in [3.63, 3.8) is 0 Å². The van der Waals surface area contributed by atoms with Gasteiger partial charge in [0.05, 0.1) is 0 Å². The highest BCUT2D eigenvalue weighted by atomic mass is 16.5. The number of carbonyl (C=O) groups excluding carboxylic acids is 1. The topological polar surface area (TPSA) is 79.9 Å². The third-order valence-electron chi connectivity index (χ3n) is 3.72. The molecule has 0 radical (unpaired) electrons. The van der Waals surface area contributed by atoms with Gasteiger partial charge in [-0.25, -0.2) is 0 Å². The predicted molar refractivity (Wildman–Crippen MR) is 96.5 cm³/mol. The summed E-state index contributed by atoms with van der Waals surface area (Å²) in [6.07, 6.45) is -0.664. The minimum absolute atomic E-state index is 0.222. The van der Waals surface area contributed by atoms with E-state index in [1.807, 2.05) is 62.4 Å². The van der Waals surface area contributed by atoms with Crippen LogP contribution in [-0.4, -0.2) is 27.2 Å². The molecule has 0 aliphatic rings. The maximum absolute atomic E-state index is 12.3. The number of nitrogens with zero attached hydrogens (tertiary/aromatic N) is 2. The van der Waals surface area contributed by atoms with Crippen LogP contribution in [0.5, 0.6) is 5.75 Å². The van der Waals surface area contributed by atoms with Crippen molar-refractivity contribution in [1.82, 2.24) is 15.2 Å². The maximum Gasteiger partial charge on any atom is 0.267 e. The van der Waals surface area contributed by atoms with Crippen LogP contribution in [0.25, 0.3) is 11.4 Å². The maximum atomic E-state index is 12.3. The van der Waals surface area contributed by atoms with Crippen LogP contribution in [0.4, 0.5) is 5.95 Å². The van der Waals surface area contributed by atoms with Gasteiger partial charge in [-0.15, -0.1) is 5.10 Å². The third-order valence-corrected chi connectivity index (χ3v) is 3.72. The zero-order chi connectivity index (χ0) is 17.8. The molecule has 3 aromatic rings. The summed E-state index contributed by atoms with van der Waals surface area (Å²) >= 11 is 0. The Morgan fingerprint density at radius 1 is 1.12 bits per heavy atom. The number of aromatic nitrogens is 3. The Labute approximate surface area is 146 Å². The number of aromatic amines is 1. The molecule has 6 heteroatoms. The highest BCUT2D eigenvalue weighted by molar-refractivity contribution is 5.92. The largest absolute Gasteiger partial charge is 0.481 e. The van der Waals surface area contributed by atoms with Crippen molar-refractivity contribution in [3.8, 4) is 17.1 Å². The minimum Gasteiger partial charge on any atom is -0.481 e. The molecule has 3 rings (SSSR count). The Morgan fingerprint density at radius 2 is 1.88 bits per heavy atom. The van der Waals surface area contributed by atoms with Crippen molar-refractivity contribution in [3.05, 3.63) is 59.7 Å². The summed E-state index contributed by atoms with van der Waals surface area (Å²) in [4.78, 5) is 16.6. The number of aryl methyl sites for hydroxylation is 2. The van der Waals surface area contributed by atoms with Crippen LogP contribution in [0.2, 0.25) is 0 Å². The van der Waals surface area contributed by atoms with Gasteiger partial charge >= 0.3 is 0 Å². The van der Waals surface area contributed by atoms with Crippen LogP contribution >= 0.6 is 0 Å². The van der Waals surface area contributed by atoms with Crippen molar-refractivity contribution in [2.75, 3.05) is 5.32 Å². The molecule has 0 aliphatic heterocycles. The van der Waals surface area contributed by atoms with E-state index in [1.165, 1.54) is 5.56 Å². The van der Waals surface area contributed by atoms with Gasteiger partial charge in [-0.1, -0.05) is 42.0 Å². The number of hydrogen-bond donors (Lipinski definition) is 2. The Balaban J connectivity index is 1.64. The fourth-order valence-electron chi connectivity index (χ4n) is 2.32. The van der Waals surface area contributed by atoms with Gasteiger partial charge in [-0.3, -0.25) is 15.2 Å². The fraction of sp³-hybridized carbons (Fsp3) is 0.211. The molecule has 1 amide bonds. The highest BCUT2D eigenvalue weighted by Crippen LogP contribution is 2.17. The van der Waals surface area contributed by atoms with E-state index in [0.29, 0.717) is 11.6 Å². The lowest BCUT2D eigenvalue weighted by Crippen LogP contribution is -2.30. The molecule has 0 saturated heterocycles. The highest BCUT2D eigenvalue weighted by Gasteiger charge is 2.17. The van der Waals surface area contributed by atoms with E-state index in [2.05, 4.69) is 20.5 Å². The number of amides is 1. The van der Waals surface area contributed by atoms with Crippen molar-refractivity contribution < 1.29 is 9.53 Å². The smallest absolute Gasteiger partial charge is 0.267 e. The van der Waals surface area contributed by atoms with Gasteiger partial charge in [0.25, 0.3) is 5.91 Å². The van der Waals surface area contributed by atoms with Gasteiger partial charge < -0.3 is 4.74 Å². The molecule has 1 aromatic heterocycles. The molecule has 2 aromatic carbocycles. The second-order valence-electron chi connectivity index (χ2n) is 5.94. The van der Waals surface area contributed by atoms with Crippen LogP contribution < -0.4 is 10.1 Å². The summed E-state index contributed by atoms with van der Waals surface area (Å²) in [5.74, 6) is 1.16. The van der Waals surface area contributed by atoms with Gasteiger partial charge in [0, 0.05) is 5.56 Å². The van der Waals surface area contributed by atoms with Crippen LogP contribution in [0.1, 0.15) is 18.1 Å². The standard InChI is InChI=1S/C19H20N4O2/c1-12-7-9-15(10-8-12)17-20-19(23-22-17)21-18(24)14(3)25-16-6-4-5-13(2)11-16/h4-11,14H,1-3H3,(H2,20,21,22,23,24)/t14-/m1/s1. The summed E-state index contributed by atoms with van der Waals surface area (Å²) in [6.45, 7) is 5.68. The van der Waals surface area contributed by atoms with Gasteiger partial charge in [-0.2, -0.15) is 4.98 Å². The summed E-state index contributed by atoms with van der Waals surface area (Å²) in [6, 6.07) is 15.4. The van der Waals surface area contributed by atoms with E-state index in [1.54, 1.807) is 6.92 Å². The Morgan fingerprint density at radius 3 is 2.60 bits per heavy atom. The lowest BCUT2D eigenvalue weighted by Gasteiger charge is -2.13. The first-order chi connectivity index (χ1) is 12.0. The molecule has 25 heavy (non-hydrogen) atoms. The molecule has 0 saturated carbocycles. The zero-order valence-corrected chi connectivity index (χ0v) is 14.4. The van der Waals surface area contributed by atoms with Gasteiger partial charge in [0.2, 0.25) is 5.95 Å². The second-order valence-corrected chi connectivity index (χ2v) is 5.94. The molecule has 0 fully saturated rings. The first-order valence-corrected chi connectivity index (χ1v) is 8.05. The molecule has 2 N–H and O–H groups in total. The monoisotopic (exact) mass is 336 g/mol. The number of ether oxygens (including phenoxy) is 1. The SMILES string of the molecule is Cc1ccc(-c2nc(NC(=O)[C@@H](C)Oc3cccc(C)c3)n[nH]2)cc1. The molecular weight excluding hydrogens is 316 g/mol. The van der Waals surface area contributed by atoms with Crippen molar-refractivity contribution in [2.45, 2.75) is 26.9 Å². The molecule has 0 aliphatic carbocycles. The number of rotatable bonds is 5. The second kappa shape index (κ2) is 7.17. The van der Waals surface area contributed by atoms with Crippen LogP contribution in [0.15, 0.2) is 48.5 Å².